The van der Waals surface area contributed by atoms with E-state index in [1.165, 1.54) is 25.3 Å². The van der Waals surface area contributed by atoms with E-state index < -0.39 is 11.4 Å². The zero-order valence-electron chi connectivity index (χ0n) is 18.0. The number of halogens is 2. The fourth-order valence-electron chi connectivity index (χ4n) is 4.31. The summed E-state index contributed by atoms with van der Waals surface area (Å²) in [4.78, 5) is 19.4. The number of nitrogens with zero attached hydrogens (tertiary/aromatic N) is 2. The number of guanidine groups is 1. The average Bonchev–Trinajstić information content (AvgIpc) is 2.75. The molecule has 9 heteroatoms. The lowest BCUT2D eigenvalue weighted by molar-refractivity contribution is -0.132. The number of benzene rings is 2. The highest BCUT2D eigenvalue weighted by atomic mass is 35.5. The van der Waals surface area contributed by atoms with E-state index in [1.54, 1.807) is 11.0 Å². The molecule has 7 nitrogen and oxygen atoms in total. The molecule has 2 aliphatic heterocycles. The zero-order valence-corrected chi connectivity index (χ0v) is 18.8. The van der Waals surface area contributed by atoms with Crippen LogP contribution in [-0.4, -0.2) is 43.1 Å². The SMILES string of the molecule is COc1ccc(F)cc1Nc1cccc([C@]2(C)CC(=O)N(C3CCOCC3)C(N)=N2)c1Cl. The molecular weight excluding hydrogens is 435 g/mol. The van der Waals surface area contributed by atoms with E-state index in [2.05, 4.69) is 5.32 Å². The number of anilines is 2. The second-order valence-corrected chi connectivity index (χ2v) is 8.54. The second-order valence-electron chi connectivity index (χ2n) is 8.16. The van der Waals surface area contributed by atoms with Crippen LogP contribution in [-0.2, 0) is 15.1 Å². The second kappa shape index (κ2) is 8.96. The highest BCUT2D eigenvalue weighted by Gasteiger charge is 2.41. The van der Waals surface area contributed by atoms with Crippen molar-refractivity contribution in [2.75, 3.05) is 25.6 Å². The molecule has 2 heterocycles. The number of ether oxygens (including phenoxy) is 2. The summed E-state index contributed by atoms with van der Waals surface area (Å²) < 4.78 is 24.5. The van der Waals surface area contributed by atoms with E-state index in [-0.39, 0.29) is 24.3 Å². The molecule has 4 rings (SSSR count). The van der Waals surface area contributed by atoms with Gasteiger partial charge in [0.15, 0.2) is 5.96 Å². The predicted octanol–water partition coefficient (Wildman–Crippen LogP) is 4.17. The molecule has 0 aliphatic carbocycles. The summed E-state index contributed by atoms with van der Waals surface area (Å²) in [6.45, 7) is 3.04. The van der Waals surface area contributed by atoms with Gasteiger partial charge in [-0.1, -0.05) is 23.7 Å². The first kappa shape index (κ1) is 22.4. The van der Waals surface area contributed by atoms with Gasteiger partial charge in [-0.25, -0.2) is 9.38 Å². The first-order valence-corrected chi connectivity index (χ1v) is 10.8. The minimum Gasteiger partial charge on any atom is -0.495 e. The van der Waals surface area contributed by atoms with E-state index in [0.717, 1.165) is 12.8 Å². The lowest BCUT2D eigenvalue weighted by Crippen LogP contribution is -2.55. The van der Waals surface area contributed by atoms with Gasteiger partial charge in [0.1, 0.15) is 11.6 Å². The number of hydrogen-bond acceptors (Lipinski definition) is 6. The van der Waals surface area contributed by atoms with Crippen LogP contribution in [0.1, 0.15) is 31.7 Å². The summed E-state index contributed by atoms with van der Waals surface area (Å²) in [7, 11) is 1.51. The molecule has 0 radical (unpaired) electrons. The number of hydrogen-bond donors (Lipinski definition) is 2. The maximum absolute atomic E-state index is 13.8. The van der Waals surface area contributed by atoms with Gasteiger partial charge < -0.3 is 20.5 Å². The minimum absolute atomic E-state index is 0.00605. The van der Waals surface area contributed by atoms with E-state index in [0.29, 0.717) is 40.9 Å². The Morgan fingerprint density at radius 3 is 2.72 bits per heavy atom. The van der Waals surface area contributed by atoms with Crippen molar-refractivity contribution in [3.05, 3.63) is 52.8 Å². The minimum atomic E-state index is -0.927. The Kier molecular flexibility index (Phi) is 6.26. The van der Waals surface area contributed by atoms with Gasteiger partial charge >= 0.3 is 0 Å². The van der Waals surface area contributed by atoms with Gasteiger partial charge in [0.25, 0.3) is 0 Å². The number of aliphatic imine (C=N–C) groups is 1. The number of carbonyl (C=O) groups is 1. The van der Waals surface area contributed by atoms with Crippen molar-refractivity contribution in [3.63, 3.8) is 0 Å². The molecule has 3 N–H and O–H groups in total. The van der Waals surface area contributed by atoms with Crippen molar-refractivity contribution in [1.82, 2.24) is 4.90 Å². The van der Waals surface area contributed by atoms with Crippen molar-refractivity contribution in [2.24, 2.45) is 10.7 Å². The van der Waals surface area contributed by atoms with Crippen LogP contribution in [0.2, 0.25) is 5.02 Å². The topological polar surface area (TPSA) is 89.2 Å². The molecule has 2 aliphatic rings. The molecule has 170 valence electrons. The van der Waals surface area contributed by atoms with E-state index >= 15 is 0 Å². The van der Waals surface area contributed by atoms with Crippen molar-refractivity contribution in [2.45, 2.75) is 37.8 Å². The van der Waals surface area contributed by atoms with Crippen LogP contribution in [0.25, 0.3) is 0 Å². The highest BCUT2D eigenvalue weighted by molar-refractivity contribution is 6.34. The summed E-state index contributed by atoms with van der Waals surface area (Å²) in [5.74, 6) is 0.169. The Morgan fingerprint density at radius 1 is 1.28 bits per heavy atom. The summed E-state index contributed by atoms with van der Waals surface area (Å²) in [6, 6.07) is 9.58. The van der Waals surface area contributed by atoms with Crippen LogP contribution in [0.15, 0.2) is 41.4 Å². The third-order valence-electron chi connectivity index (χ3n) is 5.94. The van der Waals surface area contributed by atoms with Crippen molar-refractivity contribution in [3.8, 4) is 5.75 Å². The molecule has 0 unspecified atom stereocenters. The normalized spacial score (nSPS) is 21.9. The lowest BCUT2D eigenvalue weighted by atomic mass is 9.86. The van der Waals surface area contributed by atoms with Gasteiger partial charge in [-0.15, -0.1) is 0 Å². The summed E-state index contributed by atoms with van der Waals surface area (Å²) in [5.41, 5.74) is 6.98. The van der Waals surface area contributed by atoms with Crippen LogP contribution >= 0.6 is 11.6 Å². The van der Waals surface area contributed by atoms with Gasteiger partial charge in [-0.2, -0.15) is 0 Å². The molecule has 1 fully saturated rings. The fourth-order valence-corrected chi connectivity index (χ4v) is 4.69. The summed E-state index contributed by atoms with van der Waals surface area (Å²) >= 11 is 6.75. The summed E-state index contributed by atoms with van der Waals surface area (Å²) in [5, 5.41) is 3.51. The smallest absolute Gasteiger partial charge is 0.232 e. The molecule has 1 amide bonds. The predicted molar refractivity (Wildman–Crippen MR) is 122 cm³/mol. The maximum Gasteiger partial charge on any atom is 0.232 e. The Balaban J connectivity index is 1.66. The first-order chi connectivity index (χ1) is 15.3. The van der Waals surface area contributed by atoms with Gasteiger partial charge in [0, 0.05) is 30.9 Å². The number of nitrogens with one attached hydrogen (secondary N) is 1. The number of nitrogens with two attached hydrogens (primary N) is 1. The monoisotopic (exact) mass is 460 g/mol. The van der Waals surface area contributed by atoms with E-state index in [9.17, 15) is 9.18 Å². The third kappa shape index (κ3) is 4.25. The maximum atomic E-state index is 13.8. The number of methoxy groups -OCH3 is 1. The first-order valence-electron chi connectivity index (χ1n) is 10.5. The van der Waals surface area contributed by atoms with Crippen molar-refractivity contribution in [1.29, 1.82) is 0 Å². The van der Waals surface area contributed by atoms with Crippen molar-refractivity contribution >= 4 is 34.8 Å². The molecule has 2 aromatic carbocycles. The number of carbonyl (C=O) groups excluding carboxylic acids is 1. The molecule has 0 saturated carbocycles. The van der Waals surface area contributed by atoms with Crippen LogP contribution < -0.4 is 15.8 Å². The van der Waals surface area contributed by atoms with Crippen LogP contribution in [0.4, 0.5) is 15.8 Å². The molecule has 32 heavy (non-hydrogen) atoms. The molecule has 0 spiro atoms. The molecule has 1 saturated heterocycles. The quantitative estimate of drug-likeness (QED) is 0.699. The van der Waals surface area contributed by atoms with E-state index in [4.69, 9.17) is 31.8 Å². The highest BCUT2D eigenvalue weighted by Crippen LogP contribution is 2.42. The molecule has 0 aromatic heterocycles. The standard InChI is InChI=1S/C23H26ClFN4O3/c1-23(13-20(30)29(22(26)28-23)15-8-10-32-11-9-15)16-4-3-5-17(21(16)24)27-18-12-14(25)6-7-19(18)31-2/h3-7,12,15,27H,8-11,13H2,1-2H3,(H2,26,28)/t23-/m0/s1. The Labute approximate surface area is 191 Å². The number of rotatable bonds is 5. The van der Waals surface area contributed by atoms with Gasteiger partial charge in [-0.3, -0.25) is 9.69 Å². The van der Waals surface area contributed by atoms with Gasteiger partial charge in [0.05, 0.1) is 35.5 Å². The Morgan fingerprint density at radius 2 is 2.03 bits per heavy atom. The Hall–Kier alpha value is -2.84. The number of amides is 1. The molecular formula is C23H26ClFN4O3. The largest absolute Gasteiger partial charge is 0.495 e. The van der Waals surface area contributed by atoms with Gasteiger partial charge in [0.2, 0.25) is 5.91 Å². The van der Waals surface area contributed by atoms with Crippen LogP contribution in [0.5, 0.6) is 5.75 Å². The van der Waals surface area contributed by atoms with Crippen LogP contribution in [0.3, 0.4) is 0 Å². The summed E-state index contributed by atoms with van der Waals surface area (Å²) in [6.07, 6.45) is 1.60. The lowest BCUT2D eigenvalue weighted by Gasteiger charge is -2.40. The van der Waals surface area contributed by atoms with E-state index in [1.807, 2.05) is 19.1 Å². The fraction of sp³-hybridized carbons (Fsp3) is 0.391. The third-order valence-corrected chi connectivity index (χ3v) is 6.35. The average molecular weight is 461 g/mol. The van der Waals surface area contributed by atoms with Crippen LogP contribution in [0, 0.1) is 5.82 Å². The Bertz CT molecular complexity index is 1060. The zero-order chi connectivity index (χ0) is 22.9. The van der Waals surface area contributed by atoms with Gasteiger partial charge in [-0.05, 0) is 38.0 Å². The van der Waals surface area contributed by atoms with Crippen molar-refractivity contribution < 1.29 is 18.7 Å². The molecule has 2 aromatic rings. The molecule has 0 bridgehead atoms. The molecule has 1 atom stereocenters.